The zero-order chi connectivity index (χ0) is 17.2. The first-order chi connectivity index (χ1) is 12.2. The molecular formula is C19H15FN4O. The molecule has 0 aliphatic rings. The van der Waals surface area contributed by atoms with Crippen molar-refractivity contribution >= 4 is 0 Å². The largest absolute Gasteiger partial charge is 0.333 e. The van der Waals surface area contributed by atoms with Gasteiger partial charge < -0.3 is 0 Å². The normalized spacial score (nSPS) is 10.9. The fourth-order valence-corrected chi connectivity index (χ4v) is 2.74. The van der Waals surface area contributed by atoms with Gasteiger partial charge in [0.1, 0.15) is 5.82 Å². The van der Waals surface area contributed by atoms with Crippen LogP contribution in [0.2, 0.25) is 0 Å². The van der Waals surface area contributed by atoms with Gasteiger partial charge in [0.25, 0.3) is 0 Å². The number of aromatic nitrogens is 4. The highest BCUT2D eigenvalue weighted by Crippen LogP contribution is 2.19. The minimum absolute atomic E-state index is 0.139. The summed E-state index contributed by atoms with van der Waals surface area (Å²) in [6.07, 6.45) is 7.04. The lowest BCUT2D eigenvalue weighted by Crippen LogP contribution is -2.23. The lowest BCUT2D eigenvalue weighted by Gasteiger charge is -2.04. The Bertz CT molecular complexity index is 1030. The quantitative estimate of drug-likeness (QED) is 0.623. The highest BCUT2D eigenvalue weighted by Gasteiger charge is 2.07. The lowest BCUT2D eigenvalue weighted by molar-refractivity contribution is 0.626. The van der Waals surface area contributed by atoms with Gasteiger partial charge in [0.15, 0.2) is 0 Å². The Morgan fingerprint density at radius 2 is 1.72 bits per heavy atom. The van der Waals surface area contributed by atoms with E-state index in [4.69, 9.17) is 0 Å². The number of rotatable bonds is 4. The summed E-state index contributed by atoms with van der Waals surface area (Å²) in [5.41, 5.74) is 3.54. The van der Waals surface area contributed by atoms with Crippen molar-refractivity contribution in [1.82, 2.24) is 19.3 Å². The number of aromatic amines is 1. The van der Waals surface area contributed by atoms with Gasteiger partial charge in [-0.05, 0) is 35.4 Å². The molecule has 124 valence electrons. The average Bonchev–Trinajstić information content (AvgIpc) is 3.28. The molecule has 4 aromatic rings. The molecule has 2 aromatic carbocycles. The minimum Gasteiger partial charge on any atom is -0.294 e. The molecule has 1 N–H and O–H groups in total. The number of benzene rings is 2. The Morgan fingerprint density at radius 3 is 2.40 bits per heavy atom. The van der Waals surface area contributed by atoms with Crippen LogP contribution in [-0.4, -0.2) is 19.3 Å². The van der Waals surface area contributed by atoms with E-state index in [0.717, 1.165) is 22.4 Å². The fourth-order valence-electron chi connectivity index (χ4n) is 2.74. The highest BCUT2D eigenvalue weighted by molar-refractivity contribution is 5.62. The fraction of sp³-hybridized carbons (Fsp3) is 0.0526. The first kappa shape index (κ1) is 15.1. The maximum atomic E-state index is 13.0. The van der Waals surface area contributed by atoms with Gasteiger partial charge in [-0.25, -0.2) is 9.18 Å². The number of nitrogens with one attached hydrogen (secondary N) is 1. The molecule has 0 fully saturated rings. The molecule has 0 atom stereocenters. The molecule has 0 aliphatic carbocycles. The van der Waals surface area contributed by atoms with E-state index in [1.165, 1.54) is 12.1 Å². The van der Waals surface area contributed by atoms with Crippen LogP contribution in [0.5, 0.6) is 0 Å². The standard InChI is InChI=1S/C19H15FN4O/c20-17-5-1-14(2-6-17)13-23-9-10-24(19(23)25)18-7-3-15(4-8-18)16-11-21-22-12-16/h1-12H,13H2,(H,21,22). The van der Waals surface area contributed by atoms with Crippen LogP contribution < -0.4 is 5.69 Å². The Hall–Kier alpha value is -3.41. The van der Waals surface area contributed by atoms with E-state index in [0.29, 0.717) is 6.54 Å². The van der Waals surface area contributed by atoms with Crippen LogP contribution in [0.3, 0.4) is 0 Å². The maximum absolute atomic E-state index is 13.0. The summed E-state index contributed by atoms with van der Waals surface area (Å²) in [5.74, 6) is -0.286. The van der Waals surface area contributed by atoms with Crippen molar-refractivity contribution in [2.24, 2.45) is 0 Å². The third kappa shape index (κ3) is 3.01. The van der Waals surface area contributed by atoms with Gasteiger partial charge in [-0.2, -0.15) is 5.10 Å². The van der Waals surface area contributed by atoms with Crippen molar-refractivity contribution in [3.8, 4) is 16.8 Å². The first-order valence-electron chi connectivity index (χ1n) is 7.82. The van der Waals surface area contributed by atoms with Crippen LogP contribution >= 0.6 is 0 Å². The molecule has 0 saturated carbocycles. The molecule has 0 aliphatic heterocycles. The molecule has 0 spiro atoms. The van der Waals surface area contributed by atoms with Gasteiger partial charge in [-0.3, -0.25) is 14.2 Å². The summed E-state index contributed by atoms with van der Waals surface area (Å²) in [4.78, 5) is 12.6. The molecule has 25 heavy (non-hydrogen) atoms. The molecular weight excluding hydrogens is 319 g/mol. The van der Waals surface area contributed by atoms with Crippen LogP contribution in [0.25, 0.3) is 16.8 Å². The van der Waals surface area contributed by atoms with Crippen LogP contribution in [-0.2, 0) is 6.54 Å². The van der Waals surface area contributed by atoms with Crippen LogP contribution in [0.4, 0.5) is 4.39 Å². The van der Waals surface area contributed by atoms with E-state index >= 15 is 0 Å². The molecule has 0 bridgehead atoms. The molecule has 0 unspecified atom stereocenters. The van der Waals surface area contributed by atoms with E-state index in [-0.39, 0.29) is 11.5 Å². The Kier molecular flexibility index (Phi) is 3.78. The highest BCUT2D eigenvalue weighted by atomic mass is 19.1. The molecule has 2 heterocycles. The smallest absolute Gasteiger partial charge is 0.294 e. The second kappa shape index (κ2) is 6.24. The number of imidazole rings is 1. The summed E-state index contributed by atoms with van der Waals surface area (Å²) < 4.78 is 16.2. The molecule has 0 saturated heterocycles. The van der Waals surface area contributed by atoms with Gasteiger partial charge >= 0.3 is 5.69 Å². The number of hydrogen-bond acceptors (Lipinski definition) is 2. The summed E-state index contributed by atoms with van der Waals surface area (Å²) in [7, 11) is 0. The van der Waals surface area contributed by atoms with Crippen LogP contribution in [0, 0.1) is 5.82 Å². The Labute approximate surface area is 143 Å². The average molecular weight is 334 g/mol. The second-order valence-corrected chi connectivity index (χ2v) is 5.74. The zero-order valence-electron chi connectivity index (χ0n) is 13.3. The van der Waals surface area contributed by atoms with E-state index in [1.54, 1.807) is 39.9 Å². The number of halogens is 1. The summed E-state index contributed by atoms with van der Waals surface area (Å²) in [5, 5.41) is 6.72. The molecule has 5 nitrogen and oxygen atoms in total. The third-order valence-electron chi connectivity index (χ3n) is 4.09. The topological polar surface area (TPSA) is 55.6 Å². The Balaban J connectivity index is 1.60. The predicted octanol–water partition coefficient (Wildman–Crippen LogP) is 3.22. The third-order valence-corrected chi connectivity index (χ3v) is 4.09. The summed E-state index contributed by atoms with van der Waals surface area (Å²) >= 11 is 0. The molecule has 6 heteroatoms. The molecule has 4 rings (SSSR count). The summed E-state index contributed by atoms with van der Waals surface area (Å²) in [6.45, 7) is 0.402. The minimum atomic E-state index is -0.286. The zero-order valence-corrected chi connectivity index (χ0v) is 13.3. The van der Waals surface area contributed by atoms with E-state index in [1.807, 2.05) is 30.5 Å². The van der Waals surface area contributed by atoms with Crippen molar-refractivity contribution in [3.05, 3.63) is 95.2 Å². The number of nitrogens with zero attached hydrogens (tertiary/aromatic N) is 3. The van der Waals surface area contributed by atoms with Crippen molar-refractivity contribution in [2.45, 2.75) is 6.54 Å². The molecule has 0 radical (unpaired) electrons. The second-order valence-electron chi connectivity index (χ2n) is 5.74. The number of hydrogen-bond donors (Lipinski definition) is 1. The summed E-state index contributed by atoms with van der Waals surface area (Å²) in [6, 6.07) is 13.8. The van der Waals surface area contributed by atoms with Crippen molar-refractivity contribution in [3.63, 3.8) is 0 Å². The van der Waals surface area contributed by atoms with Gasteiger partial charge in [0.05, 0.1) is 18.4 Å². The van der Waals surface area contributed by atoms with Crippen molar-refractivity contribution in [1.29, 1.82) is 0 Å². The van der Waals surface area contributed by atoms with Crippen LogP contribution in [0.1, 0.15) is 5.56 Å². The van der Waals surface area contributed by atoms with Crippen LogP contribution in [0.15, 0.2) is 78.1 Å². The predicted molar refractivity (Wildman–Crippen MR) is 93.1 cm³/mol. The van der Waals surface area contributed by atoms with E-state index < -0.39 is 0 Å². The van der Waals surface area contributed by atoms with Gasteiger partial charge in [-0.15, -0.1) is 0 Å². The molecule has 2 aromatic heterocycles. The monoisotopic (exact) mass is 334 g/mol. The van der Waals surface area contributed by atoms with Crippen molar-refractivity contribution in [2.75, 3.05) is 0 Å². The van der Waals surface area contributed by atoms with Gasteiger partial charge in [-0.1, -0.05) is 24.3 Å². The maximum Gasteiger partial charge on any atom is 0.333 e. The van der Waals surface area contributed by atoms with E-state index in [9.17, 15) is 9.18 Å². The van der Waals surface area contributed by atoms with Gasteiger partial charge in [0, 0.05) is 24.2 Å². The SMILES string of the molecule is O=c1n(Cc2ccc(F)cc2)ccn1-c1ccc(-c2cn[nH]c2)cc1. The molecule has 0 amide bonds. The van der Waals surface area contributed by atoms with Gasteiger partial charge in [0.2, 0.25) is 0 Å². The Morgan fingerprint density at radius 1 is 0.960 bits per heavy atom. The first-order valence-corrected chi connectivity index (χ1v) is 7.82. The lowest BCUT2D eigenvalue weighted by atomic mass is 10.1. The number of H-pyrrole nitrogens is 1. The van der Waals surface area contributed by atoms with E-state index in [2.05, 4.69) is 10.2 Å². The van der Waals surface area contributed by atoms with Crippen molar-refractivity contribution < 1.29 is 4.39 Å².